The second-order valence-corrected chi connectivity index (χ2v) is 10.4. The summed E-state index contributed by atoms with van der Waals surface area (Å²) in [7, 11) is 0. The normalized spacial score (nSPS) is 16.7. The molecule has 0 aliphatic carbocycles. The Balaban J connectivity index is 1.43. The van der Waals surface area contributed by atoms with E-state index in [1.165, 1.54) is 0 Å². The van der Waals surface area contributed by atoms with E-state index < -0.39 is 0 Å². The Morgan fingerprint density at radius 3 is 3.03 bits per heavy atom. The third-order valence-corrected chi connectivity index (χ3v) is 8.24. The number of ether oxygens (including phenoxy) is 1. The highest BCUT2D eigenvalue weighted by Crippen LogP contribution is 2.31. The van der Waals surface area contributed by atoms with Crippen molar-refractivity contribution in [2.75, 3.05) is 6.61 Å². The van der Waals surface area contributed by atoms with Gasteiger partial charge in [0.15, 0.2) is 11.0 Å². The van der Waals surface area contributed by atoms with Crippen molar-refractivity contribution >= 4 is 44.7 Å². The Hall–Kier alpha value is -2.01. The largest absolute Gasteiger partial charge is 0.376 e. The zero-order chi connectivity index (χ0) is 20.7. The summed E-state index contributed by atoms with van der Waals surface area (Å²) < 4.78 is 7.99. The summed E-state index contributed by atoms with van der Waals surface area (Å²) in [6.07, 6.45) is 2.33. The molecule has 1 atom stereocenters. The van der Waals surface area contributed by atoms with Crippen LogP contribution in [0.25, 0.3) is 20.9 Å². The number of H-pyrrole nitrogens is 1. The van der Waals surface area contributed by atoms with Crippen LogP contribution in [0.2, 0.25) is 0 Å². The van der Waals surface area contributed by atoms with E-state index >= 15 is 0 Å². The number of aromatic amines is 1. The Morgan fingerprint density at radius 2 is 2.27 bits per heavy atom. The molecule has 0 bridgehead atoms. The molecule has 4 aromatic heterocycles. The van der Waals surface area contributed by atoms with Gasteiger partial charge >= 0.3 is 0 Å². The van der Waals surface area contributed by atoms with Crippen molar-refractivity contribution in [3.63, 3.8) is 0 Å². The molecule has 0 radical (unpaired) electrons. The second kappa shape index (κ2) is 8.26. The first-order valence-corrected chi connectivity index (χ1v) is 12.5. The fourth-order valence-corrected chi connectivity index (χ4v) is 6.22. The molecule has 1 saturated heterocycles. The quantitative estimate of drug-likeness (QED) is 0.430. The van der Waals surface area contributed by atoms with Crippen LogP contribution in [0.4, 0.5) is 0 Å². The lowest BCUT2D eigenvalue weighted by molar-refractivity contribution is 0.0953. The van der Waals surface area contributed by atoms with Gasteiger partial charge in [0.25, 0.3) is 5.56 Å². The molecule has 4 aromatic rings. The van der Waals surface area contributed by atoms with Gasteiger partial charge in [0.05, 0.1) is 28.7 Å². The number of hydrogen-bond donors (Lipinski definition) is 1. The van der Waals surface area contributed by atoms with Crippen molar-refractivity contribution in [3.8, 4) is 10.7 Å². The number of rotatable bonds is 6. The molecular formula is C20H21N5O2S3. The van der Waals surface area contributed by atoms with E-state index in [-0.39, 0.29) is 11.7 Å². The number of thioether (sulfide) groups is 1. The number of nitrogens with zero attached hydrogens (tertiary/aromatic N) is 4. The van der Waals surface area contributed by atoms with E-state index in [9.17, 15) is 4.79 Å². The maximum Gasteiger partial charge on any atom is 0.259 e. The van der Waals surface area contributed by atoms with Crippen molar-refractivity contribution < 1.29 is 4.74 Å². The molecule has 5 rings (SSSR count). The van der Waals surface area contributed by atoms with Crippen molar-refractivity contribution in [3.05, 3.63) is 44.1 Å². The number of aromatic nitrogens is 5. The lowest BCUT2D eigenvalue weighted by atomic mass is 10.2. The number of fused-ring (bicyclic) bond motifs is 1. The molecule has 156 valence electrons. The van der Waals surface area contributed by atoms with Crippen LogP contribution in [0.3, 0.4) is 0 Å². The van der Waals surface area contributed by atoms with Crippen LogP contribution in [0, 0.1) is 13.8 Å². The molecular weight excluding hydrogens is 438 g/mol. The summed E-state index contributed by atoms with van der Waals surface area (Å²) in [6, 6.07) is 4.08. The van der Waals surface area contributed by atoms with Crippen LogP contribution in [0.5, 0.6) is 0 Å². The summed E-state index contributed by atoms with van der Waals surface area (Å²) in [5.74, 6) is 2.04. The molecule has 10 heteroatoms. The summed E-state index contributed by atoms with van der Waals surface area (Å²) in [5.41, 5.74) is 0.942. The fourth-order valence-electron chi connectivity index (χ4n) is 3.64. The highest BCUT2D eigenvalue weighted by molar-refractivity contribution is 7.98. The first-order chi connectivity index (χ1) is 14.6. The minimum Gasteiger partial charge on any atom is -0.376 e. The van der Waals surface area contributed by atoms with Crippen LogP contribution in [0.1, 0.15) is 29.1 Å². The monoisotopic (exact) mass is 459 g/mol. The Kier molecular flexibility index (Phi) is 5.48. The average molecular weight is 460 g/mol. The number of aryl methyl sites for hydroxylation is 2. The van der Waals surface area contributed by atoms with Gasteiger partial charge < -0.3 is 9.72 Å². The zero-order valence-corrected chi connectivity index (χ0v) is 19.1. The topological polar surface area (TPSA) is 85.7 Å². The van der Waals surface area contributed by atoms with E-state index in [2.05, 4.69) is 30.8 Å². The molecule has 0 amide bonds. The van der Waals surface area contributed by atoms with E-state index in [4.69, 9.17) is 4.74 Å². The SMILES string of the molecule is Cc1sc2nc(CSc3nnc(-c4cccs4)n3C[C@@H]3CCCO3)[nH]c(=O)c2c1C. The summed E-state index contributed by atoms with van der Waals surface area (Å²) in [4.78, 5) is 23.2. The smallest absolute Gasteiger partial charge is 0.259 e. The molecule has 7 nitrogen and oxygen atoms in total. The predicted molar refractivity (Wildman–Crippen MR) is 122 cm³/mol. The van der Waals surface area contributed by atoms with Gasteiger partial charge in [-0.25, -0.2) is 4.98 Å². The maximum absolute atomic E-state index is 12.6. The molecule has 0 spiro atoms. The summed E-state index contributed by atoms with van der Waals surface area (Å²) in [6.45, 7) is 5.54. The lowest BCUT2D eigenvalue weighted by Crippen LogP contribution is -2.16. The third kappa shape index (κ3) is 3.73. The van der Waals surface area contributed by atoms with Crippen molar-refractivity contribution in [2.45, 2.75) is 50.2 Å². The molecule has 1 N–H and O–H groups in total. The van der Waals surface area contributed by atoms with Gasteiger partial charge in [0.1, 0.15) is 10.7 Å². The average Bonchev–Trinajstić information content (AvgIpc) is 3.50. The van der Waals surface area contributed by atoms with Crippen LogP contribution >= 0.6 is 34.4 Å². The van der Waals surface area contributed by atoms with Gasteiger partial charge in [0.2, 0.25) is 0 Å². The molecule has 1 fully saturated rings. The molecule has 1 aliphatic heterocycles. The Bertz CT molecular complexity index is 1240. The van der Waals surface area contributed by atoms with Gasteiger partial charge in [-0.1, -0.05) is 17.8 Å². The predicted octanol–water partition coefficient (Wildman–Crippen LogP) is 4.39. The minimum atomic E-state index is -0.0717. The zero-order valence-electron chi connectivity index (χ0n) is 16.7. The molecule has 1 aliphatic rings. The van der Waals surface area contributed by atoms with E-state index in [1.807, 2.05) is 25.3 Å². The van der Waals surface area contributed by atoms with E-state index in [0.29, 0.717) is 17.0 Å². The molecule has 0 aromatic carbocycles. The summed E-state index contributed by atoms with van der Waals surface area (Å²) in [5, 5.41) is 12.5. The molecule has 5 heterocycles. The molecule has 30 heavy (non-hydrogen) atoms. The van der Waals surface area contributed by atoms with Crippen LogP contribution < -0.4 is 5.56 Å². The van der Waals surface area contributed by atoms with Gasteiger partial charge in [-0.15, -0.1) is 32.9 Å². The Morgan fingerprint density at radius 1 is 1.37 bits per heavy atom. The van der Waals surface area contributed by atoms with Gasteiger partial charge in [0, 0.05) is 11.5 Å². The van der Waals surface area contributed by atoms with Crippen molar-refractivity contribution in [2.24, 2.45) is 0 Å². The van der Waals surface area contributed by atoms with Crippen LogP contribution in [0.15, 0.2) is 27.5 Å². The van der Waals surface area contributed by atoms with Gasteiger partial charge in [-0.3, -0.25) is 9.36 Å². The minimum absolute atomic E-state index is 0.0717. The van der Waals surface area contributed by atoms with Gasteiger partial charge in [-0.2, -0.15) is 0 Å². The van der Waals surface area contributed by atoms with E-state index in [1.54, 1.807) is 34.4 Å². The second-order valence-electron chi connectivity index (χ2n) is 7.29. The number of hydrogen-bond acceptors (Lipinski definition) is 8. The number of thiophene rings is 2. The number of nitrogens with one attached hydrogen (secondary N) is 1. The third-order valence-electron chi connectivity index (χ3n) is 5.29. The van der Waals surface area contributed by atoms with Crippen LogP contribution in [-0.4, -0.2) is 37.4 Å². The standard InChI is InChI=1S/C20H21N5O2S3/c1-11-12(2)30-19-16(11)18(26)21-15(22-19)10-29-20-24-23-17(14-6-4-8-28-14)25(20)9-13-5-3-7-27-13/h4,6,8,13H,3,5,7,9-10H2,1-2H3,(H,21,22,26)/t13-/m0/s1. The van der Waals surface area contributed by atoms with E-state index in [0.717, 1.165) is 57.1 Å². The fraction of sp³-hybridized carbons (Fsp3) is 0.400. The van der Waals surface area contributed by atoms with Crippen molar-refractivity contribution in [1.29, 1.82) is 0 Å². The molecule has 0 unspecified atom stereocenters. The lowest BCUT2D eigenvalue weighted by Gasteiger charge is -2.14. The van der Waals surface area contributed by atoms with Crippen LogP contribution in [-0.2, 0) is 17.0 Å². The van der Waals surface area contributed by atoms with Crippen molar-refractivity contribution in [1.82, 2.24) is 24.7 Å². The maximum atomic E-state index is 12.6. The Labute approximate surface area is 185 Å². The first kappa shape index (κ1) is 19.9. The highest BCUT2D eigenvalue weighted by Gasteiger charge is 2.22. The first-order valence-electron chi connectivity index (χ1n) is 9.80. The highest BCUT2D eigenvalue weighted by atomic mass is 32.2. The summed E-state index contributed by atoms with van der Waals surface area (Å²) >= 11 is 4.76. The molecule has 0 saturated carbocycles. The van der Waals surface area contributed by atoms with Gasteiger partial charge in [-0.05, 0) is 43.7 Å².